The van der Waals surface area contributed by atoms with Crippen LogP contribution >= 0.6 is 0 Å². The van der Waals surface area contributed by atoms with E-state index in [0.717, 1.165) is 18.4 Å². The number of piperidine rings is 1. The zero-order valence-corrected chi connectivity index (χ0v) is 16.3. The molecule has 3 heterocycles. The van der Waals surface area contributed by atoms with E-state index < -0.39 is 0 Å². The zero-order valence-electron chi connectivity index (χ0n) is 16.3. The summed E-state index contributed by atoms with van der Waals surface area (Å²) in [6.07, 6.45) is 3.27. The fourth-order valence-electron chi connectivity index (χ4n) is 3.51. The minimum absolute atomic E-state index is 0.0300. The predicted molar refractivity (Wildman–Crippen MR) is 106 cm³/mol. The lowest BCUT2D eigenvalue weighted by Crippen LogP contribution is -2.39. The van der Waals surface area contributed by atoms with Gasteiger partial charge in [0.15, 0.2) is 5.69 Å². The monoisotopic (exact) mass is 408 g/mol. The SMILES string of the molecule is O=C(NCc1ccc(F)cc1)c1cc(C2CCCN(C(=O)c3ccccn3)C2)on1. The molecular formula is C22H21FN4O3. The van der Waals surface area contributed by atoms with Crippen molar-refractivity contribution in [1.29, 1.82) is 0 Å². The Bertz CT molecular complexity index is 1020. The molecule has 0 spiro atoms. The van der Waals surface area contributed by atoms with Gasteiger partial charge in [0.05, 0.1) is 0 Å². The second-order valence-electron chi connectivity index (χ2n) is 7.23. The molecular weight excluding hydrogens is 387 g/mol. The topological polar surface area (TPSA) is 88.3 Å². The number of amides is 2. The van der Waals surface area contributed by atoms with Crippen LogP contribution in [0.2, 0.25) is 0 Å². The van der Waals surface area contributed by atoms with Crippen molar-refractivity contribution in [1.82, 2.24) is 20.4 Å². The molecule has 1 saturated heterocycles. The maximum atomic E-state index is 13.0. The first-order chi connectivity index (χ1) is 14.6. The predicted octanol–water partition coefficient (Wildman–Crippen LogP) is 3.16. The normalized spacial score (nSPS) is 16.3. The third kappa shape index (κ3) is 4.53. The molecule has 1 unspecified atom stereocenters. The number of pyridine rings is 1. The Balaban J connectivity index is 1.37. The van der Waals surface area contributed by atoms with Crippen LogP contribution in [0.15, 0.2) is 59.3 Å². The van der Waals surface area contributed by atoms with Crippen LogP contribution in [0.3, 0.4) is 0 Å². The van der Waals surface area contributed by atoms with Crippen LogP contribution in [0.1, 0.15) is 51.1 Å². The number of likely N-dealkylation sites (tertiary alicyclic amines) is 1. The average molecular weight is 408 g/mol. The van der Waals surface area contributed by atoms with Gasteiger partial charge in [-0.05, 0) is 42.7 Å². The highest BCUT2D eigenvalue weighted by molar-refractivity contribution is 5.93. The fraction of sp³-hybridized carbons (Fsp3) is 0.273. The molecule has 7 nitrogen and oxygen atoms in total. The zero-order chi connectivity index (χ0) is 20.9. The first-order valence-corrected chi connectivity index (χ1v) is 9.80. The van der Waals surface area contributed by atoms with E-state index in [1.54, 1.807) is 47.5 Å². The molecule has 0 radical (unpaired) electrons. The lowest BCUT2D eigenvalue weighted by atomic mass is 9.95. The number of nitrogens with one attached hydrogen (secondary N) is 1. The van der Waals surface area contributed by atoms with Crippen LogP contribution in [-0.2, 0) is 6.54 Å². The van der Waals surface area contributed by atoms with Gasteiger partial charge < -0.3 is 14.7 Å². The van der Waals surface area contributed by atoms with Crippen molar-refractivity contribution < 1.29 is 18.5 Å². The maximum absolute atomic E-state index is 13.0. The number of hydrogen-bond donors (Lipinski definition) is 1. The Morgan fingerprint density at radius 2 is 2.00 bits per heavy atom. The van der Waals surface area contributed by atoms with Gasteiger partial charge in [-0.3, -0.25) is 14.6 Å². The number of aromatic nitrogens is 2. The number of nitrogens with zero attached hydrogens (tertiary/aromatic N) is 3. The van der Waals surface area contributed by atoms with Gasteiger partial charge in [-0.25, -0.2) is 4.39 Å². The molecule has 1 aromatic carbocycles. The van der Waals surface area contributed by atoms with Crippen molar-refractivity contribution in [2.45, 2.75) is 25.3 Å². The lowest BCUT2D eigenvalue weighted by molar-refractivity contribution is 0.0691. The van der Waals surface area contributed by atoms with Crippen molar-refractivity contribution in [2.24, 2.45) is 0 Å². The molecule has 1 aliphatic rings. The van der Waals surface area contributed by atoms with Crippen molar-refractivity contribution in [3.8, 4) is 0 Å². The van der Waals surface area contributed by atoms with E-state index in [9.17, 15) is 14.0 Å². The Labute approximate surface area is 172 Å². The van der Waals surface area contributed by atoms with E-state index in [1.165, 1.54) is 12.1 Å². The van der Waals surface area contributed by atoms with Gasteiger partial charge >= 0.3 is 0 Å². The minimum Gasteiger partial charge on any atom is -0.360 e. The molecule has 1 N–H and O–H groups in total. The minimum atomic E-state index is -0.369. The number of carbonyl (C=O) groups excluding carboxylic acids is 2. The molecule has 1 atom stereocenters. The molecule has 1 aliphatic heterocycles. The number of rotatable bonds is 5. The fourth-order valence-corrected chi connectivity index (χ4v) is 3.51. The van der Waals surface area contributed by atoms with E-state index in [1.807, 2.05) is 0 Å². The summed E-state index contributed by atoms with van der Waals surface area (Å²) >= 11 is 0. The average Bonchev–Trinajstić information content (AvgIpc) is 3.29. The van der Waals surface area contributed by atoms with Gasteiger partial charge in [0.2, 0.25) is 0 Å². The summed E-state index contributed by atoms with van der Waals surface area (Å²) in [5, 5.41) is 6.63. The third-order valence-electron chi connectivity index (χ3n) is 5.12. The number of carbonyl (C=O) groups is 2. The maximum Gasteiger partial charge on any atom is 0.273 e. The largest absolute Gasteiger partial charge is 0.360 e. The first-order valence-electron chi connectivity index (χ1n) is 9.80. The number of benzene rings is 1. The van der Waals surface area contributed by atoms with Crippen LogP contribution < -0.4 is 5.32 Å². The molecule has 3 aromatic rings. The highest BCUT2D eigenvalue weighted by Gasteiger charge is 2.29. The van der Waals surface area contributed by atoms with Crippen molar-refractivity contribution in [3.63, 3.8) is 0 Å². The summed E-state index contributed by atoms with van der Waals surface area (Å²) in [7, 11) is 0. The van der Waals surface area contributed by atoms with Crippen LogP contribution in [0, 0.1) is 5.82 Å². The van der Waals surface area contributed by atoms with Crippen LogP contribution in [-0.4, -0.2) is 39.9 Å². The van der Waals surface area contributed by atoms with Gasteiger partial charge in [-0.15, -0.1) is 0 Å². The van der Waals surface area contributed by atoms with Crippen molar-refractivity contribution >= 4 is 11.8 Å². The van der Waals surface area contributed by atoms with E-state index in [4.69, 9.17) is 4.52 Å². The van der Waals surface area contributed by atoms with E-state index >= 15 is 0 Å². The van der Waals surface area contributed by atoms with Crippen LogP contribution in [0.4, 0.5) is 4.39 Å². The second kappa shape index (κ2) is 8.86. The standard InChI is InChI=1S/C22H21FN4O3/c23-17-8-6-15(7-9-17)13-25-21(28)19-12-20(30-26-19)16-4-3-11-27(14-16)22(29)18-5-1-2-10-24-18/h1-2,5-10,12,16H,3-4,11,13-14H2,(H,25,28). The molecule has 4 rings (SSSR count). The summed E-state index contributed by atoms with van der Waals surface area (Å²) in [4.78, 5) is 30.9. The Hall–Kier alpha value is -3.55. The number of hydrogen-bond acceptors (Lipinski definition) is 5. The summed E-state index contributed by atoms with van der Waals surface area (Å²) in [6.45, 7) is 1.41. The van der Waals surface area contributed by atoms with E-state index in [-0.39, 0.29) is 35.8 Å². The summed E-state index contributed by atoms with van der Waals surface area (Å²) in [6, 6.07) is 12.8. The highest BCUT2D eigenvalue weighted by Crippen LogP contribution is 2.28. The van der Waals surface area contributed by atoms with Gasteiger partial charge in [0, 0.05) is 37.8 Å². The molecule has 2 amide bonds. The van der Waals surface area contributed by atoms with Gasteiger partial charge in [0.1, 0.15) is 17.3 Å². The molecule has 154 valence electrons. The third-order valence-corrected chi connectivity index (χ3v) is 5.12. The molecule has 0 bridgehead atoms. The Morgan fingerprint density at radius 1 is 1.17 bits per heavy atom. The van der Waals surface area contributed by atoms with Crippen LogP contribution in [0.25, 0.3) is 0 Å². The van der Waals surface area contributed by atoms with Gasteiger partial charge in [0.25, 0.3) is 11.8 Å². The molecule has 2 aromatic heterocycles. The lowest BCUT2D eigenvalue weighted by Gasteiger charge is -2.31. The Morgan fingerprint density at radius 3 is 2.77 bits per heavy atom. The molecule has 0 saturated carbocycles. The summed E-state index contributed by atoms with van der Waals surface area (Å²) in [5.41, 5.74) is 1.38. The smallest absolute Gasteiger partial charge is 0.273 e. The van der Waals surface area contributed by atoms with Gasteiger partial charge in [-0.1, -0.05) is 23.4 Å². The van der Waals surface area contributed by atoms with E-state index in [0.29, 0.717) is 24.5 Å². The van der Waals surface area contributed by atoms with Crippen LogP contribution in [0.5, 0.6) is 0 Å². The second-order valence-corrected chi connectivity index (χ2v) is 7.23. The summed E-state index contributed by atoms with van der Waals surface area (Å²) < 4.78 is 18.4. The van der Waals surface area contributed by atoms with Crippen molar-refractivity contribution in [2.75, 3.05) is 13.1 Å². The molecule has 8 heteroatoms. The Kier molecular flexibility index (Phi) is 5.83. The van der Waals surface area contributed by atoms with Gasteiger partial charge in [-0.2, -0.15) is 0 Å². The summed E-state index contributed by atoms with van der Waals surface area (Å²) in [5.74, 6) is -0.254. The highest BCUT2D eigenvalue weighted by atomic mass is 19.1. The molecule has 30 heavy (non-hydrogen) atoms. The quantitative estimate of drug-likeness (QED) is 0.701. The van der Waals surface area contributed by atoms with Crippen molar-refractivity contribution in [3.05, 3.63) is 83.3 Å². The van der Waals surface area contributed by atoms with E-state index in [2.05, 4.69) is 15.5 Å². The molecule has 1 fully saturated rings. The molecule has 0 aliphatic carbocycles. The number of halogens is 1. The first kappa shape index (κ1) is 19.8.